The third-order valence-electron chi connectivity index (χ3n) is 4.49. The molecule has 1 aliphatic heterocycles. The van der Waals surface area contributed by atoms with E-state index in [1.54, 1.807) is 11.0 Å². The van der Waals surface area contributed by atoms with Gasteiger partial charge in [0.2, 0.25) is 5.91 Å². The highest BCUT2D eigenvalue weighted by atomic mass is 16.3. The van der Waals surface area contributed by atoms with Crippen LogP contribution in [0.1, 0.15) is 24.6 Å². The Balaban J connectivity index is 1.50. The first-order valence-corrected chi connectivity index (χ1v) is 8.23. The van der Waals surface area contributed by atoms with Gasteiger partial charge in [0, 0.05) is 32.7 Å². The van der Waals surface area contributed by atoms with Crippen molar-refractivity contribution in [2.45, 2.75) is 19.1 Å². The molecule has 2 atom stereocenters. The van der Waals surface area contributed by atoms with Crippen molar-refractivity contribution in [2.75, 3.05) is 32.7 Å². The maximum Gasteiger partial charge on any atom is 0.247 e. The van der Waals surface area contributed by atoms with E-state index in [1.807, 2.05) is 42.2 Å². The van der Waals surface area contributed by atoms with E-state index in [0.29, 0.717) is 19.6 Å². The highest BCUT2D eigenvalue weighted by Crippen LogP contribution is 2.16. The molecule has 1 aliphatic rings. The Labute approximate surface area is 141 Å². The van der Waals surface area contributed by atoms with Crippen LogP contribution in [-0.4, -0.2) is 68.3 Å². The molecule has 2 heterocycles. The minimum Gasteiger partial charge on any atom is -0.387 e. The van der Waals surface area contributed by atoms with Crippen molar-refractivity contribution in [3.05, 3.63) is 48.5 Å². The summed E-state index contributed by atoms with van der Waals surface area (Å²) in [4.78, 5) is 20.5. The zero-order valence-electron chi connectivity index (χ0n) is 13.8. The number of β-amino-alcohol motifs (C(OH)–C–C–N with tert-alkyl or cyclic N) is 1. The Bertz CT molecular complexity index is 638. The molecule has 128 valence electrons. The second-order valence-electron chi connectivity index (χ2n) is 6.10. The second-order valence-corrected chi connectivity index (χ2v) is 6.10. The molecule has 1 N–H and O–H groups in total. The van der Waals surface area contributed by atoms with E-state index >= 15 is 0 Å². The standard InChI is InChI=1S/C17H23N5O2/c1-14(22-13-18-12-19-22)17(24)21-9-7-20(8-10-21)11-16(23)15-5-3-2-4-6-15/h2-6,12-14,16,23H,7-11H2,1H3/t14-,16+/m1/s1. The lowest BCUT2D eigenvalue weighted by Gasteiger charge is -2.36. The third kappa shape index (κ3) is 3.80. The van der Waals surface area contributed by atoms with Gasteiger partial charge in [0.15, 0.2) is 0 Å². The summed E-state index contributed by atoms with van der Waals surface area (Å²) in [6.07, 6.45) is 2.50. The quantitative estimate of drug-likeness (QED) is 0.875. The molecule has 0 saturated carbocycles. The van der Waals surface area contributed by atoms with E-state index in [1.165, 1.54) is 6.33 Å². The molecule has 0 bridgehead atoms. The monoisotopic (exact) mass is 329 g/mol. The van der Waals surface area contributed by atoms with E-state index in [0.717, 1.165) is 18.7 Å². The number of aliphatic hydroxyl groups excluding tert-OH is 1. The van der Waals surface area contributed by atoms with Crippen LogP contribution in [0.4, 0.5) is 0 Å². The summed E-state index contributed by atoms with van der Waals surface area (Å²) in [5.41, 5.74) is 0.927. The van der Waals surface area contributed by atoms with Gasteiger partial charge in [-0.2, -0.15) is 5.10 Å². The number of rotatable bonds is 5. The minimum absolute atomic E-state index is 0.0590. The Hall–Kier alpha value is -2.25. The van der Waals surface area contributed by atoms with Gasteiger partial charge < -0.3 is 10.0 Å². The van der Waals surface area contributed by atoms with Crippen molar-refractivity contribution in [3.63, 3.8) is 0 Å². The Morgan fingerprint density at radius 2 is 1.92 bits per heavy atom. The summed E-state index contributed by atoms with van der Waals surface area (Å²) in [6, 6.07) is 9.33. The second kappa shape index (κ2) is 7.55. The van der Waals surface area contributed by atoms with Crippen LogP contribution in [0.15, 0.2) is 43.0 Å². The van der Waals surface area contributed by atoms with Crippen LogP contribution in [0.5, 0.6) is 0 Å². The number of piperazine rings is 1. The fraction of sp³-hybridized carbons (Fsp3) is 0.471. The fourth-order valence-electron chi connectivity index (χ4n) is 2.97. The molecule has 2 aromatic rings. The lowest BCUT2D eigenvalue weighted by atomic mass is 10.1. The van der Waals surface area contributed by atoms with Gasteiger partial charge in [0.05, 0.1) is 6.10 Å². The number of aromatic nitrogens is 3. The molecule has 1 fully saturated rings. The predicted octanol–water partition coefficient (Wildman–Crippen LogP) is 0.717. The summed E-state index contributed by atoms with van der Waals surface area (Å²) in [7, 11) is 0. The van der Waals surface area contributed by atoms with Crippen molar-refractivity contribution in [2.24, 2.45) is 0 Å². The van der Waals surface area contributed by atoms with Gasteiger partial charge in [-0.05, 0) is 12.5 Å². The molecule has 7 nitrogen and oxygen atoms in total. The molecule has 1 aromatic carbocycles. The maximum absolute atomic E-state index is 12.5. The first-order chi connectivity index (χ1) is 11.6. The number of benzene rings is 1. The van der Waals surface area contributed by atoms with Gasteiger partial charge in [0.25, 0.3) is 0 Å². The molecule has 7 heteroatoms. The van der Waals surface area contributed by atoms with E-state index in [2.05, 4.69) is 15.0 Å². The zero-order valence-corrected chi connectivity index (χ0v) is 13.8. The van der Waals surface area contributed by atoms with Crippen molar-refractivity contribution in [1.29, 1.82) is 0 Å². The van der Waals surface area contributed by atoms with Gasteiger partial charge in [-0.1, -0.05) is 30.3 Å². The summed E-state index contributed by atoms with van der Waals surface area (Å²) >= 11 is 0. The average Bonchev–Trinajstić information content (AvgIpc) is 3.16. The van der Waals surface area contributed by atoms with Crippen LogP contribution in [0.3, 0.4) is 0 Å². The molecule has 1 aromatic heterocycles. The molecule has 1 saturated heterocycles. The topological polar surface area (TPSA) is 74.5 Å². The van der Waals surface area contributed by atoms with Crippen LogP contribution in [-0.2, 0) is 4.79 Å². The number of hydrogen-bond donors (Lipinski definition) is 1. The number of hydrogen-bond acceptors (Lipinski definition) is 5. The van der Waals surface area contributed by atoms with Crippen LogP contribution >= 0.6 is 0 Å². The third-order valence-corrected chi connectivity index (χ3v) is 4.49. The Morgan fingerprint density at radius 1 is 1.21 bits per heavy atom. The molecule has 3 rings (SSSR count). The lowest BCUT2D eigenvalue weighted by Crippen LogP contribution is -2.51. The molecule has 1 amide bonds. The first kappa shape index (κ1) is 16.6. The fourth-order valence-corrected chi connectivity index (χ4v) is 2.97. The van der Waals surface area contributed by atoms with Crippen LogP contribution in [0, 0.1) is 0 Å². The van der Waals surface area contributed by atoms with Gasteiger partial charge in [0.1, 0.15) is 18.7 Å². The van der Waals surface area contributed by atoms with Gasteiger partial charge in [-0.25, -0.2) is 9.67 Å². The lowest BCUT2D eigenvalue weighted by molar-refractivity contribution is -0.136. The average molecular weight is 329 g/mol. The molecule has 0 radical (unpaired) electrons. The van der Waals surface area contributed by atoms with Crippen LogP contribution in [0.25, 0.3) is 0 Å². The van der Waals surface area contributed by atoms with Gasteiger partial charge >= 0.3 is 0 Å². The minimum atomic E-state index is -0.498. The predicted molar refractivity (Wildman–Crippen MR) is 89.2 cm³/mol. The number of aliphatic hydroxyl groups is 1. The summed E-state index contributed by atoms with van der Waals surface area (Å²) in [5.74, 6) is 0.0590. The molecule has 0 spiro atoms. The summed E-state index contributed by atoms with van der Waals surface area (Å²) in [5, 5.41) is 14.4. The molecular formula is C17H23N5O2. The summed E-state index contributed by atoms with van der Waals surface area (Å²) in [6.45, 7) is 5.28. The van der Waals surface area contributed by atoms with E-state index in [9.17, 15) is 9.90 Å². The SMILES string of the molecule is C[C@H](C(=O)N1CCN(C[C@H](O)c2ccccc2)CC1)n1cncn1. The Morgan fingerprint density at radius 3 is 2.54 bits per heavy atom. The molecular weight excluding hydrogens is 306 g/mol. The van der Waals surface area contributed by atoms with E-state index < -0.39 is 6.10 Å². The maximum atomic E-state index is 12.5. The van der Waals surface area contributed by atoms with Gasteiger partial charge in [-0.3, -0.25) is 9.69 Å². The normalized spacial score (nSPS) is 18.3. The van der Waals surface area contributed by atoms with Gasteiger partial charge in [-0.15, -0.1) is 0 Å². The van der Waals surface area contributed by atoms with Crippen LogP contribution in [0.2, 0.25) is 0 Å². The van der Waals surface area contributed by atoms with Crippen molar-refractivity contribution < 1.29 is 9.90 Å². The number of carbonyl (C=O) groups is 1. The number of amides is 1. The van der Waals surface area contributed by atoms with Crippen molar-refractivity contribution >= 4 is 5.91 Å². The number of carbonyl (C=O) groups excluding carboxylic acids is 1. The van der Waals surface area contributed by atoms with E-state index in [4.69, 9.17) is 0 Å². The van der Waals surface area contributed by atoms with E-state index in [-0.39, 0.29) is 11.9 Å². The zero-order chi connectivity index (χ0) is 16.9. The Kier molecular flexibility index (Phi) is 5.22. The molecule has 0 unspecified atom stereocenters. The first-order valence-electron chi connectivity index (χ1n) is 8.23. The molecule has 0 aliphatic carbocycles. The summed E-state index contributed by atoms with van der Waals surface area (Å²) < 4.78 is 1.58. The van der Waals surface area contributed by atoms with Crippen molar-refractivity contribution in [3.8, 4) is 0 Å². The highest BCUT2D eigenvalue weighted by molar-refractivity contribution is 5.80. The van der Waals surface area contributed by atoms with Crippen LogP contribution < -0.4 is 0 Å². The van der Waals surface area contributed by atoms with Crippen molar-refractivity contribution in [1.82, 2.24) is 24.6 Å². The molecule has 24 heavy (non-hydrogen) atoms. The largest absolute Gasteiger partial charge is 0.387 e. The number of nitrogens with zero attached hydrogens (tertiary/aromatic N) is 5. The smallest absolute Gasteiger partial charge is 0.247 e. The highest BCUT2D eigenvalue weighted by Gasteiger charge is 2.27.